The van der Waals surface area contributed by atoms with Crippen molar-refractivity contribution in [1.82, 2.24) is 0 Å². The van der Waals surface area contributed by atoms with Gasteiger partial charge in [-0.15, -0.1) is 0 Å². The maximum absolute atomic E-state index is 5.72. The van der Waals surface area contributed by atoms with Gasteiger partial charge in [0, 0.05) is 0 Å². The summed E-state index contributed by atoms with van der Waals surface area (Å²) in [7, 11) is 0. The van der Waals surface area contributed by atoms with E-state index in [2.05, 4.69) is 24.3 Å². The van der Waals surface area contributed by atoms with E-state index in [1.165, 1.54) is 31.2 Å². The topological polar surface area (TPSA) is 35.2 Å². The van der Waals surface area contributed by atoms with Crippen molar-refractivity contribution >= 4 is 0 Å². The Morgan fingerprint density at radius 3 is 2.29 bits per heavy atom. The van der Waals surface area contributed by atoms with Crippen LogP contribution in [-0.2, 0) is 0 Å². The SMILES string of the molecule is CCOc1ccc(C2CCC(CN)CC2)cc1. The highest BCUT2D eigenvalue weighted by Crippen LogP contribution is 2.35. The third-order valence-corrected chi connectivity index (χ3v) is 3.84. The van der Waals surface area contributed by atoms with Crippen molar-refractivity contribution in [1.29, 1.82) is 0 Å². The molecule has 0 spiro atoms. The lowest BCUT2D eigenvalue weighted by molar-refractivity contribution is 0.330. The largest absolute Gasteiger partial charge is 0.494 e. The maximum atomic E-state index is 5.72. The molecule has 1 aromatic carbocycles. The normalized spacial score (nSPS) is 24.6. The molecule has 2 rings (SSSR count). The molecule has 1 fully saturated rings. The average molecular weight is 233 g/mol. The summed E-state index contributed by atoms with van der Waals surface area (Å²) in [5.41, 5.74) is 7.19. The average Bonchev–Trinajstić information content (AvgIpc) is 2.40. The van der Waals surface area contributed by atoms with Gasteiger partial charge < -0.3 is 10.5 Å². The molecule has 0 radical (unpaired) electrons. The Kier molecular flexibility index (Phi) is 4.43. The second-order valence-corrected chi connectivity index (χ2v) is 4.96. The second kappa shape index (κ2) is 6.06. The molecule has 0 bridgehead atoms. The first kappa shape index (κ1) is 12.4. The molecule has 17 heavy (non-hydrogen) atoms. The van der Waals surface area contributed by atoms with Gasteiger partial charge in [0.25, 0.3) is 0 Å². The first-order valence-electron chi connectivity index (χ1n) is 6.76. The Bertz CT molecular complexity index is 325. The second-order valence-electron chi connectivity index (χ2n) is 4.96. The van der Waals surface area contributed by atoms with E-state index in [-0.39, 0.29) is 0 Å². The molecule has 0 aliphatic heterocycles. The minimum Gasteiger partial charge on any atom is -0.494 e. The van der Waals surface area contributed by atoms with Crippen LogP contribution in [0.15, 0.2) is 24.3 Å². The predicted molar refractivity (Wildman–Crippen MR) is 71.4 cm³/mol. The minimum atomic E-state index is 0.730. The molecule has 2 nitrogen and oxygen atoms in total. The summed E-state index contributed by atoms with van der Waals surface area (Å²) in [6.07, 6.45) is 5.15. The minimum absolute atomic E-state index is 0.730. The summed E-state index contributed by atoms with van der Waals surface area (Å²) in [6.45, 7) is 3.61. The molecular formula is C15H23NO. The summed E-state index contributed by atoms with van der Waals surface area (Å²) in [6, 6.07) is 8.62. The Hall–Kier alpha value is -1.02. The van der Waals surface area contributed by atoms with Gasteiger partial charge in [0.05, 0.1) is 6.61 Å². The van der Waals surface area contributed by atoms with Gasteiger partial charge >= 0.3 is 0 Å². The van der Waals surface area contributed by atoms with Gasteiger partial charge in [0.1, 0.15) is 5.75 Å². The van der Waals surface area contributed by atoms with Crippen LogP contribution in [0.3, 0.4) is 0 Å². The van der Waals surface area contributed by atoms with E-state index in [1.54, 1.807) is 0 Å². The third kappa shape index (κ3) is 3.22. The molecule has 1 saturated carbocycles. The van der Waals surface area contributed by atoms with Crippen LogP contribution in [0.4, 0.5) is 0 Å². The van der Waals surface area contributed by atoms with Crippen molar-refractivity contribution in [2.75, 3.05) is 13.2 Å². The van der Waals surface area contributed by atoms with Crippen LogP contribution in [0.5, 0.6) is 5.75 Å². The number of rotatable bonds is 4. The van der Waals surface area contributed by atoms with Crippen LogP contribution in [0.1, 0.15) is 44.1 Å². The Balaban J connectivity index is 1.94. The van der Waals surface area contributed by atoms with Gasteiger partial charge in [-0.25, -0.2) is 0 Å². The number of benzene rings is 1. The monoisotopic (exact) mass is 233 g/mol. The molecule has 0 amide bonds. The first-order valence-corrected chi connectivity index (χ1v) is 6.76. The molecule has 0 heterocycles. The Morgan fingerprint density at radius 1 is 1.12 bits per heavy atom. The van der Waals surface area contributed by atoms with Crippen LogP contribution in [0, 0.1) is 5.92 Å². The molecule has 2 heteroatoms. The van der Waals surface area contributed by atoms with E-state index in [4.69, 9.17) is 10.5 Å². The quantitative estimate of drug-likeness (QED) is 0.866. The Morgan fingerprint density at radius 2 is 1.76 bits per heavy atom. The molecule has 2 N–H and O–H groups in total. The van der Waals surface area contributed by atoms with Gasteiger partial charge in [0.15, 0.2) is 0 Å². The molecule has 0 aromatic heterocycles. The highest BCUT2D eigenvalue weighted by atomic mass is 16.5. The van der Waals surface area contributed by atoms with E-state index in [0.29, 0.717) is 0 Å². The molecule has 0 unspecified atom stereocenters. The number of hydrogen-bond acceptors (Lipinski definition) is 2. The van der Waals surface area contributed by atoms with Gasteiger partial charge in [0.2, 0.25) is 0 Å². The smallest absolute Gasteiger partial charge is 0.119 e. The molecule has 0 atom stereocenters. The maximum Gasteiger partial charge on any atom is 0.119 e. The third-order valence-electron chi connectivity index (χ3n) is 3.84. The molecule has 1 aromatic rings. The zero-order chi connectivity index (χ0) is 12.1. The van der Waals surface area contributed by atoms with Crippen molar-refractivity contribution in [3.63, 3.8) is 0 Å². The highest BCUT2D eigenvalue weighted by molar-refractivity contribution is 5.29. The molecule has 94 valence electrons. The van der Waals surface area contributed by atoms with E-state index in [0.717, 1.165) is 30.7 Å². The van der Waals surface area contributed by atoms with E-state index >= 15 is 0 Å². The first-order chi connectivity index (χ1) is 8.33. The summed E-state index contributed by atoms with van der Waals surface area (Å²) >= 11 is 0. The van der Waals surface area contributed by atoms with Gasteiger partial charge in [-0.05, 0) is 68.7 Å². The van der Waals surface area contributed by atoms with Crippen molar-refractivity contribution in [3.05, 3.63) is 29.8 Å². The fraction of sp³-hybridized carbons (Fsp3) is 0.600. The lowest BCUT2D eigenvalue weighted by Crippen LogP contribution is -2.20. The predicted octanol–water partition coefficient (Wildman–Crippen LogP) is 3.32. The van der Waals surface area contributed by atoms with Crippen LogP contribution in [0.25, 0.3) is 0 Å². The summed E-state index contributed by atoms with van der Waals surface area (Å²) in [5, 5.41) is 0. The van der Waals surface area contributed by atoms with Crippen molar-refractivity contribution in [2.45, 2.75) is 38.5 Å². The van der Waals surface area contributed by atoms with Gasteiger partial charge in [-0.2, -0.15) is 0 Å². The van der Waals surface area contributed by atoms with Gasteiger partial charge in [-0.3, -0.25) is 0 Å². The Labute approximate surface area is 104 Å². The zero-order valence-corrected chi connectivity index (χ0v) is 10.7. The van der Waals surface area contributed by atoms with Crippen LogP contribution >= 0.6 is 0 Å². The lowest BCUT2D eigenvalue weighted by Gasteiger charge is -2.28. The number of nitrogens with two attached hydrogens (primary N) is 1. The van der Waals surface area contributed by atoms with E-state index in [9.17, 15) is 0 Å². The van der Waals surface area contributed by atoms with Crippen LogP contribution in [-0.4, -0.2) is 13.2 Å². The fourth-order valence-electron chi connectivity index (χ4n) is 2.73. The molecule has 1 aliphatic rings. The molecular weight excluding hydrogens is 210 g/mol. The fourth-order valence-corrected chi connectivity index (χ4v) is 2.73. The van der Waals surface area contributed by atoms with Crippen molar-refractivity contribution in [3.8, 4) is 5.75 Å². The van der Waals surface area contributed by atoms with E-state index < -0.39 is 0 Å². The molecule has 0 saturated heterocycles. The lowest BCUT2D eigenvalue weighted by atomic mass is 9.79. The van der Waals surface area contributed by atoms with Crippen molar-refractivity contribution in [2.24, 2.45) is 11.7 Å². The summed E-state index contributed by atoms with van der Waals surface area (Å²) in [4.78, 5) is 0. The number of ether oxygens (including phenoxy) is 1. The highest BCUT2D eigenvalue weighted by Gasteiger charge is 2.21. The molecule has 1 aliphatic carbocycles. The van der Waals surface area contributed by atoms with Gasteiger partial charge in [-0.1, -0.05) is 12.1 Å². The van der Waals surface area contributed by atoms with Crippen LogP contribution in [0.2, 0.25) is 0 Å². The summed E-state index contributed by atoms with van der Waals surface area (Å²) < 4.78 is 5.47. The zero-order valence-electron chi connectivity index (χ0n) is 10.7. The summed E-state index contributed by atoms with van der Waals surface area (Å²) in [5.74, 6) is 2.47. The van der Waals surface area contributed by atoms with Crippen LogP contribution < -0.4 is 10.5 Å². The number of hydrogen-bond donors (Lipinski definition) is 1. The van der Waals surface area contributed by atoms with E-state index in [1.807, 2.05) is 6.92 Å². The van der Waals surface area contributed by atoms with Crippen molar-refractivity contribution < 1.29 is 4.74 Å². The standard InChI is InChI=1S/C15H23NO/c1-2-17-15-9-7-14(8-10-15)13-5-3-12(11-16)4-6-13/h7-10,12-13H,2-6,11,16H2,1H3.